The van der Waals surface area contributed by atoms with Gasteiger partial charge in [0.15, 0.2) is 14.1 Å². The van der Waals surface area contributed by atoms with E-state index in [0.717, 1.165) is 19.3 Å². The molecule has 2 atom stereocenters. The van der Waals surface area contributed by atoms with Crippen LogP contribution in [-0.4, -0.2) is 25.1 Å². The lowest BCUT2D eigenvalue weighted by Crippen LogP contribution is -2.53. The number of carbonyl (C=O) groups excluding carboxylic acids is 1. The zero-order chi connectivity index (χ0) is 14.2. The molecule has 0 radical (unpaired) electrons. The summed E-state index contributed by atoms with van der Waals surface area (Å²) in [6.07, 6.45) is 3.17. The smallest absolute Gasteiger partial charge is 0.192 e. The zero-order valence-electron chi connectivity index (χ0n) is 12.6. The Morgan fingerprint density at radius 2 is 1.89 bits per heavy atom. The first kappa shape index (κ1) is 16.2. The largest absolute Gasteiger partial charge is 0.412 e. The first-order valence-electron chi connectivity index (χ1n) is 6.91. The number of rotatable bonds is 3. The molecular weight excluding hydrogens is 264 g/mol. The second kappa shape index (κ2) is 5.26. The second-order valence-corrected chi connectivity index (χ2v) is 12.4. The Bertz CT molecular complexity index is 322. The van der Waals surface area contributed by atoms with Gasteiger partial charge in [0.1, 0.15) is 4.87 Å². The van der Waals surface area contributed by atoms with Crippen molar-refractivity contribution in [2.24, 2.45) is 0 Å². The summed E-state index contributed by atoms with van der Waals surface area (Å²) < 4.78 is 6.30. The summed E-state index contributed by atoms with van der Waals surface area (Å²) >= 11 is 6.58. The standard InChI is InChI=1S/C14H27ClO2Si/c1-11(17-18(5,6)13(2,3)4)14(15)10-8-7-9-12(14)16/h11H,7-10H2,1-6H3/t11-,14?/m0/s1. The molecule has 0 aliphatic heterocycles. The Balaban J connectivity index is 2.81. The van der Waals surface area contributed by atoms with Gasteiger partial charge in [0.05, 0.1) is 6.10 Å². The molecule has 2 nitrogen and oxygen atoms in total. The minimum atomic E-state index is -1.87. The van der Waals surface area contributed by atoms with Gasteiger partial charge in [0, 0.05) is 6.42 Å². The van der Waals surface area contributed by atoms with E-state index in [0.29, 0.717) is 6.42 Å². The molecule has 1 aliphatic rings. The Hall–Kier alpha value is 0.137. The minimum absolute atomic E-state index is 0.145. The Labute approximate surface area is 118 Å². The quantitative estimate of drug-likeness (QED) is 0.564. The van der Waals surface area contributed by atoms with Crippen LogP contribution in [0, 0.1) is 0 Å². The van der Waals surface area contributed by atoms with Gasteiger partial charge in [-0.2, -0.15) is 0 Å². The first-order valence-corrected chi connectivity index (χ1v) is 10.2. The molecule has 1 aliphatic carbocycles. The van der Waals surface area contributed by atoms with E-state index in [4.69, 9.17) is 16.0 Å². The molecule has 0 aromatic rings. The molecule has 0 spiro atoms. The normalized spacial score (nSPS) is 28.3. The average molecular weight is 291 g/mol. The minimum Gasteiger partial charge on any atom is -0.412 e. The molecule has 0 aromatic carbocycles. The van der Waals surface area contributed by atoms with Crippen LogP contribution in [0.1, 0.15) is 53.4 Å². The van der Waals surface area contributed by atoms with Crippen molar-refractivity contribution in [3.8, 4) is 0 Å². The highest BCUT2D eigenvalue weighted by atomic mass is 35.5. The van der Waals surface area contributed by atoms with Crippen LogP contribution >= 0.6 is 11.6 Å². The lowest BCUT2D eigenvalue weighted by atomic mass is 9.84. The van der Waals surface area contributed by atoms with E-state index in [1.54, 1.807) is 0 Å². The van der Waals surface area contributed by atoms with Crippen LogP contribution in [0.5, 0.6) is 0 Å². The summed E-state index contributed by atoms with van der Waals surface area (Å²) in [4.78, 5) is 11.3. The molecule has 1 fully saturated rings. The maximum atomic E-state index is 12.1. The van der Waals surface area contributed by atoms with E-state index >= 15 is 0 Å². The molecule has 0 amide bonds. The molecule has 0 saturated heterocycles. The molecule has 0 N–H and O–H groups in total. The summed E-state index contributed by atoms with van der Waals surface area (Å²) in [6.45, 7) is 13.0. The van der Waals surface area contributed by atoms with E-state index in [2.05, 4.69) is 33.9 Å². The van der Waals surface area contributed by atoms with Crippen molar-refractivity contribution in [3.05, 3.63) is 0 Å². The predicted molar refractivity (Wildman–Crippen MR) is 79.8 cm³/mol. The Kier molecular flexibility index (Phi) is 4.73. The second-order valence-electron chi connectivity index (χ2n) is 7.01. The van der Waals surface area contributed by atoms with Crippen molar-refractivity contribution < 1.29 is 9.22 Å². The average Bonchev–Trinajstić information content (AvgIpc) is 2.20. The third-order valence-electron chi connectivity index (χ3n) is 4.58. The van der Waals surface area contributed by atoms with Crippen LogP contribution in [-0.2, 0) is 9.22 Å². The van der Waals surface area contributed by atoms with E-state index in [-0.39, 0.29) is 16.9 Å². The van der Waals surface area contributed by atoms with Gasteiger partial charge in [-0.3, -0.25) is 4.79 Å². The first-order chi connectivity index (χ1) is 8.01. The maximum absolute atomic E-state index is 12.1. The number of hydrogen-bond acceptors (Lipinski definition) is 2. The molecule has 0 heterocycles. The number of alkyl halides is 1. The number of halogens is 1. The summed E-state index contributed by atoms with van der Waals surface area (Å²) in [5.74, 6) is 0.168. The summed E-state index contributed by atoms with van der Waals surface area (Å²) in [7, 11) is -1.87. The monoisotopic (exact) mass is 290 g/mol. The van der Waals surface area contributed by atoms with Crippen molar-refractivity contribution in [2.45, 2.75) is 82.5 Å². The fraction of sp³-hybridized carbons (Fsp3) is 0.929. The highest BCUT2D eigenvalue weighted by Gasteiger charge is 2.47. The predicted octanol–water partition coefficient (Wildman–Crippen LogP) is 4.52. The van der Waals surface area contributed by atoms with Gasteiger partial charge >= 0.3 is 0 Å². The van der Waals surface area contributed by atoms with Crippen LogP contribution in [0.25, 0.3) is 0 Å². The van der Waals surface area contributed by atoms with Crippen LogP contribution in [0.3, 0.4) is 0 Å². The molecule has 18 heavy (non-hydrogen) atoms. The molecule has 1 unspecified atom stereocenters. The number of Topliss-reactive ketones (excluding diaryl/α,β-unsaturated/α-hetero) is 1. The SMILES string of the molecule is C[C@H](O[Si](C)(C)C(C)(C)C)C1(Cl)CCCCC1=O. The number of carbonyl (C=O) groups is 1. The van der Waals surface area contributed by atoms with Gasteiger partial charge in [0.25, 0.3) is 0 Å². The van der Waals surface area contributed by atoms with Crippen LogP contribution in [0.4, 0.5) is 0 Å². The van der Waals surface area contributed by atoms with Gasteiger partial charge in [-0.25, -0.2) is 0 Å². The topological polar surface area (TPSA) is 26.3 Å². The summed E-state index contributed by atoms with van der Waals surface area (Å²) in [5, 5.41) is 0.145. The van der Waals surface area contributed by atoms with E-state index in [1.807, 2.05) is 6.92 Å². The lowest BCUT2D eigenvalue weighted by Gasteiger charge is -2.43. The van der Waals surface area contributed by atoms with Crippen molar-refractivity contribution >= 4 is 25.7 Å². The fourth-order valence-electron chi connectivity index (χ4n) is 2.16. The van der Waals surface area contributed by atoms with Gasteiger partial charge in [0.2, 0.25) is 0 Å². The lowest BCUT2D eigenvalue weighted by molar-refractivity contribution is -0.125. The van der Waals surface area contributed by atoms with E-state index < -0.39 is 13.2 Å². The number of hydrogen-bond donors (Lipinski definition) is 0. The van der Waals surface area contributed by atoms with Gasteiger partial charge in [-0.1, -0.05) is 27.2 Å². The van der Waals surface area contributed by atoms with Crippen molar-refractivity contribution in [1.82, 2.24) is 0 Å². The fourth-order valence-corrected chi connectivity index (χ4v) is 3.94. The molecule has 0 bridgehead atoms. The Morgan fingerprint density at radius 3 is 2.33 bits per heavy atom. The maximum Gasteiger partial charge on any atom is 0.192 e. The number of ketones is 1. The third kappa shape index (κ3) is 3.17. The Morgan fingerprint density at radius 1 is 1.33 bits per heavy atom. The van der Waals surface area contributed by atoms with E-state index in [9.17, 15) is 4.79 Å². The molecule has 4 heteroatoms. The van der Waals surface area contributed by atoms with Gasteiger partial charge in [-0.15, -0.1) is 11.6 Å². The third-order valence-corrected chi connectivity index (χ3v) is 9.84. The summed E-state index contributed by atoms with van der Waals surface area (Å²) in [6, 6.07) is 0. The van der Waals surface area contributed by atoms with Crippen molar-refractivity contribution in [1.29, 1.82) is 0 Å². The highest BCUT2D eigenvalue weighted by Crippen LogP contribution is 2.42. The highest BCUT2D eigenvalue weighted by molar-refractivity contribution is 6.74. The van der Waals surface area contributed by atoms with Gasteiger partial charge in [-0.05, 0) is 37.9 Å². The molecular formula is C14H27ClO2Si. The summed E-state index contributed by atoms with van der Waals surface area (Å²) in [5.41, 5.74) is 0. The molecule has 106 valence electrons. The molecule has 1 rings (SSSR count). The molecule has 0 aromatic heterocycles. The van der Waals surface area contributed by atoms with Crippen LogP contribution in [0.2, 0.25) is 18.1 Å². The molecule has 1 saturated carbocycles. The van der Waals surface area contributed by atoms with Crippen molar-refractivity contribution in [3.63, 3.8) is 0 Å². The van der Waals surface area contributed by atoms with Crippen molar-refractivity contribution in [2.75, 3.05) is 0 Å². The zero-order valence-corrected chi connectivity index (χ0v) is 14.4. The van der Waals surface area contributed by atoms with E-state index in [1.165, 1.54) is 0 Å². The van der Waals surface area contributed by atoms with Crippen LogP contribution in [0.15, 0.2) is 0 Å². The van der Waals surface area contributed by atoms with Crippen LogP contribution < -0.4 is 0 Å². The van der Waals surface area contributed by atoms with Gasteiger partial charge < -0.3 is 4.43 Å².